The lowest BCUT2D eigenvalue weighted by molar-refractivity contribution is 0.0724. The molecule has 36 heavy (non-hydrogen) atoms. The summed E-state index contributed by atoms with van der Waals surface area (Å²) in [5, 5.41) is 5.26. The Labute approximate surface area is 216 Å². The smallest absolute Gasteiger partial charge is 0.258 e. The quantitative estimate of drug-likeness (QED) is 0.446. The Hall–Kier alpha value is -2.71. The van der Waals surface area contributed by atoms with Gasteiger partial charge in [-0.2, -0.15) is 5.10 Å². The van der Waals surface area contributed by atoms with Gasteiger partial charge in [0.05, 0.1) is 46.9 Å². The molecule has 0 bridgehead atoms. The van der Waals surface area contributed by atoms with Crippen LogP contribution in [0, 0.1) is 19.7 Å². The molecule has 1 saturated carbocycles. The van der Waals surface area contributed by atoms with Gasteiger partial charge >= 0.3 is 0 Å². The minimum Gasteiger partial charge on any atom is -0.489 e. The predicted molar refractivity (Wildman–Crippen MR) is 137 cm³/mol. The molecule has 0 spiro atoms. The number of halogens is 2. The van der Waals surface area contributed by atoms with Gasteiger partial charge in [-0.05, 0) is 64.8 Å². The summed E-state index contributed by atoms with van der Waals surface area (Å²) in [6.45, 7) is 11.0. The summed E-state index contributed by atoms with van der Waals surface area (Å²) in [6, 6.07) is 4.75. The van der Waals surface area contributed by atoms with Crippen LogP contribution in [-0.4, -0.2) is 55.5 Å². The number of hydrogen-bond acceptors (Lipinski definition) is 5. The molecular weight excluding hydrogens is 481 g/mol. The van der Waals surface area contributed by atoms with Crippen molar-refractivity contribution in [2.45, 2.75) is 78.6 Å². The third-order valence-electron chi connectivity index (χ3n) is 7.68. The van der Waals surface area contributed by atoms with E-state index in [-0.39, 0.29) is 12.0 Å². The van der Waals surface area contributed by atoms with Gasteiger partial charge in [-0.25, -0.2) is 13.9 Å². The van der Waals surface area contributed by atoms with E-state index in [9.17, 15) is 9.18 Å². The van der Waals surface area contributed by atoms with Crippen LogP contribution in [0.4, 0.5) is 4.39 Å². The summed E-state index contributed by atoms with van der Waals surface area (Å²) in [4.78, 5) is 22.4. The Morgan fingerprint density at radius 3 is 2.58 bits per heavy atom. The van der Waals surface area contributed by atoms with Crippen LogP contribution in [0.3, 0.4) is 0 Å². The molecule has 5 rings (SSSR count). The molecule has 7 nitrogen and oxygen atoms in total. The molecule has 0 radical (unpaired) electrons. The molecule has 3 heterocycles. The lowest BCUT2D eigenvalue weighted by atomic mass is 9.91. The number of ether oxygens (including phenoxy) is 1. The number of fused-ring (bicyclic) bond motifs is 3. The maximum Gasteiger partial charge on any atom is 0.258 e. The highest BCUT2D eigenvalue weighted by molar-refractivity contribution is 6.31. The number of nitrogens with zero attached hydrogens (tertiary/aromatic N) is 5. The van der Waals surface area contributed by atoms with Crippen molar-refractivity contribution in [1.29, 1.82) is 0 Å². The Morgan fingerprint density at radius 2 is 1.89 bits per heavy atom. The summed E-state index contributed by atoms with van der Waals surface area (Å²) in [5.74, 6) is -0.283. The van der Waals surface area contributed by atoms with Crippen molar-refractivity contribution >= 4 is 23.2 Å². The molecule has 1 amide bonds. The maximum absolute atomic E-state index is 14.2. The first kappa shape index (κ1) is 25.0. The van der Waals surface area contributed by atoms with Crippen molar-refractivity contribution in [3.63, 3.8) is 0 Å². The number of aromatic nitrogens is 3. The second kappa shape index (κ2) is 9.98. The first-order chi connectivity index (χ1) is 17.3. The number of benzene rings is 1. The maximum atomic E-state index is 14.2. The number of aryl methyl sites for hydroxylation is 2. The van der Waals surface area contributed by atoms with Gasteiger partial charge in [0.2, 0.25) is 0 Å². The number of carbonyl (C=O) groups excluding carboxylic acids is 1. The Morgan fingerprint density at radius 1 is 1.17 bits per heavy atom. The summed E-state index contributed by atoms with van der Waals surface area (Å²) in [5.41, 5.74) is 4.40. The third-order valence-corrected chi connectivity index (χ3v) is 8.23. The molecule has 1 aliphatic heterocycles. The van der Waals surface area contributed by atoms with Crippen molar-refractivity contribution in [3.8, 4) is 5.75 Å². The van der Waals surface area contributed by atoms with Gasteiger partial charge in [-0.1, -0.05) is 25.4 Å². The van der Waals surface area contributed by atoms with E-state index in [1.54, 1.807) is 9.42 Å². The fraction of sp³-hybridized carbons (Fsp3) is 0.519. The van der Waals surface area contributed by atoms with Crippen LogP contribution in [0.1, 0.15) is 72.5 Å². The zero-order valence-corrected chi connectivity index (χ0v) is 22.1. The Bertz CT molecular complexity index is 1300. The van der Waals surface area contributed by atoms with Gasteiger partial charge < -0.3 is 14.5 Å². The number of amides is 1. The highest BCUT2D eigenvalue weighted by atomic mass is 35.5. The fourth-order valence-electron chi connectivity index (χ4n) is 5.65. The molecule has 0 atom stereocenters. The zero-order valence-electron chi connectivity index (χ0n) is 21.4. The normalized spacial score (nSPS) is 19.8. The molecule has 1 aromatic carbocycles. The van der Waals surface area contributed by atoms with Crippen molar-refractivity contribution in [2.75, 3.05) is 13.1 Å². The lowest BCUT2D eigenvalue weighted by Gasteiger charge is -2.36. The molecule has 2 aromatic heterocycles. The molecule has 0 saturated heterocycles. The second-order valence-corrected chi connectivity index (χ2v) is 10.2. The monoisotopic (exact) mass is 513 g/mol. The minimum absolute atomic E-state index is 0.0231. The molecule has 3 aromatic rings. The molecule has 9 heteroatoms. The van der Waals surface area contributed by atoms with Crippen LogP contribution in [0.5, 0.6) is 5.75 Å². The number of carbonyl (C=O) groups is 1. The van der Waals surface area contributed by atoms with Crippen LogP contribution in [0.2, 0.25) is 5.02 Å². The summed E-state index contributed by atoms with van der Waals surface area (Å²) < 4.78 is 22.2. The number of hydrogen-bond donors (Lipinski definition) is 0. The van der Waals surface area contributed by atoms with E-state index >= 15 is 0 Å². The standard InChI is InChI=1S/C27H33ClFN5O2/c1-5-32(6-2)19-8-10-20(11-9-19)36-24-13-18(29)7-12-21(24)27(35)33-14-22-23(15-33)31-34-17(4)25(28)16(3)30-26(22)34/h7,12-13,19-20H,5-6,8-11,14-15H2,1-4H3/t19-,20+. The number of rotatable bonds is 6. The van der Waals surface area contributed by atoms with Crippen molar-refractivity contribution < 1.29 is 13.9 Å². The first-order valence-electron chi connectivity index (χ1n) is 12.8. The van der Waals surface area contributed by atoms with E-state index in [2.05, 4.69) is 28.8 Å². The van der Waals surface area contributed by atoms with Crippen molar-refractivity contribution in [3.05, 3.63) is 57.2 Å². The largest absolute Gasteiger partial charge is 0.489 e. The third kappa shape index (κ3) is 4.45. The van der Waals surface area contributed by atoms with Crippen LogP contribution >= 0.6 is 11.6 Å². The van der Waals surface area contributed by atoms with Crippen molar-refractivity contribution in [2.24, 2.45) is 0 Å². The van der Waals surface area contributed by atoms with E-state index in [0.717, 1.165) is 67.1 Å². The average Bonchev–Trinajstić information content (AvgIpc) is 3.43. The van der Waals surface area contributed by atoms with Gasteiger partial charge in [0.25, 0.3) is 5.91 Å². The van der Waals surface area contributed by atoms with E-state index in [1.807, 2.05) is 13.8 Å². The molecular formula is C27H33ClFN5O2. The predicted octanol–water partition coefficient (Wildman–Crippen LogP) is 5.33. The first-order valence-corrected chi connectivity index (χ1v) is 13.2. The Balaban J connectivity index is 1.33. The molecule has 2 aliphatic rings. The molecule has 192 valence electrons. The SMILES string of the molecule is CCN(CC)[C@H]1CC[C@@H](Oc2cc(F)ccc2C(=O)N2Cc3nn4c(C)c(Cl)c(C)nc4c3C2)CC1. The van der Waals surface area contributed by atoms with Gasteiger partial charge in [-0.3, -0.25) is 4.79 Å². The van der Waals surface area contributed by atoms with Gasteiger partial charge in [0, 0.05) is 17.7 Å². The van der Waals surface area contributed by atoms with Crippen LogP contribution in [0.15, 0.2) is 18.2 Å². The van der Waals surface area contributed by atoms with E-state index in [4.69, 9.17) is 16.3 Å². The summed E-state index contributed by atoms with van der Waals surface area (Å²) in [6.07, 6.45) is 3.85. The Kier molecular flexibility index (Phi) is 6.92. The summed E-state index contributed by atoms with van der Waals surface area (Å²) >= 11 is 6.35. The van der Waals surface area contributed by atoms with Crippen molar-refractivity contribution in [1.82, 2.24) is 24.4 Å². The molecule has 0 unspecified atom stereocenters. The van der Waals surface area contributed by atoms with Gasteiger partial charge in [-0.15, -0.1) is 0 Å². The minimum atomic E-state index is -0.409. The van der Waals surface area contributed by atoms with Crippen LogP contribution in [-0.2, 0) is 13.1 Å². The fourth-order valence-corrected chi connectivity index (χ4v) is 5.77. The van der Waals surface area contributed by atoms with E-state index in [0.29, 0.717) is 35.5 Å². The van der Waals surface area contributed by atoms with Crippen LogP contribution in [0.25, 0.3) is 5.65 Å². The second-order valence-electron chi connectivity index (χ2n) is 9.83. The van der Waals surface area contributed by atoms with E-state index < -0.39 is 5.82 Å². The summed E-state index contributed by atoms with van der Waals surface area (Å²) in [7, 11) is 0. The lowest BCUT2D eigenvalue weighted by Crippen LogP contribution is -2.40. The highest BCUT2D eigenvalue weighted by Gasteiger charge is 2.33. The van der Waals surface area contributed by atoms with E-state index in [1.165, 1.54) is 18.2 Å². The highest BCUT2D eigenvalue weighted by Crippen LogP contribution is 2.33. The molecule has 1 fully saturated rings. The van der Waals surface area contributed by atoms with Crippen LogP contribution < -0.4 is 4.74 Å². The average molecular weight is 514 g/mol. The topological polar surface area (TPSA) is 63.0 Å². The van der Waals surface area contributed by atoms with Gasteiger partial charge in [0.15, 0.2) is 5.65 Å². The molecule has 0 N–H and O–H groups in total. The zero-order chi connectivity index (χ0) is 25.6. The van der Waals surface area contributed by atoms with Gasteiger partial charge in [0.1, 0.15) is 11.6 Å². The molecule has 1 aliphatic carbocycles.